The summed E-state index contributed by atoms with van der Waals surface area (Å²) in [5.74, 6) is -0.431. The summed E-state index contributed by atoms with van der Waals surface area (Å²) in [5.41, 5.74) is 2.84. The van der Waals surface area contributed by atoms with Crippen LogP contribution in [-0.4, -0.2) is 16.3 Å². The zero-order valence-electron chi connectivity index (χ0n) is 15.4. The molecule has 134 valence electrons. The number of aromatic hydroxyl groups is 1. The minimum absolute atomic E-state index is 0.108. The predicted molar refractivity (Wildman–Crippen MR) is 100 cm³/mol. The topological polar surface area (TPSA) is 70.7 Å². The number of allylic oxidation sites excluding steroid dienone is 1. The Kier molecular flexibility index (Phi) is 5.85. The highest BCUT2D eigenvalue weighted by molar-refractivity contribution is 5.56. The minimum atomic E-state index is -0.767. The third-order valence-electron chi connectivity index (χ3n) is 4.73. The summed E-state index contributed by atoms with van der Waals surface area (Å²) in [6.45, 7) is 9.23. The van der Waals surface area contributed by atoms with E-state index < -0.39 is 17.6 Å². The van der Waals surface area contributed by atoms with Crippen LogP contribution >= 0.6 is 0 Å². The smallest absolute Gasteiger partial charge is 0.342 e. The van der Waals surface area contributed by atoms with E-state index in [1.807, 2.05) is 45.1 Å². The summed E-state index contributed by atoms with van der Waals surface area (Å²) in [6.07, 6.45) is 3.23. The van der Waals surface area contributed by atoms with Crippen molar-refractivity contribution in [3.63, 3.8) is 0 Å². The molecule has 0 amide bonds. The van der Waals surface area contributed by atoms with Crippen molar-refractivity contribution in [1.82, 2.24) is 0 Å². The number of aliphatic hydroxyl groups excluding tert-OH is 1. The second-order valence-corrected chi connectivity index (χ2v) is 6.65. The molecule has 0 bridgehead atoms. The Morgan fingerprint density at radius 3 is 2.40 bits per heavy atom. The Labute approximate surface area is 148 Å². The van der Waals surface area contributed by atoms with E-state index in [1.165, 1.54) is 13.0 Å². The number of hydrogen-bond acceptors (Lipinski definition) is 4. The van der Waals surface area contributed by atoms with Crippen molar-refractivity contribution in [2.75, 3.05) is 0 Å². The van der Waals surface area contributed by atoms with Gasteiger partial charge in [0.1, 0.15) is 11.5 Å². The van der Waals surface area contributed by atoms with Gasteiger partial charge in [-0.15, -0.1) is 0 Å². The Hall–Kier alpha value is -2.33. The van der Waals surface area contributed by atoms with Crippen LogP contribution in [0.2, 0.25) is 0 Å². The molecular weight excluding hydrogens is 316 g/mol. The van der Waals surface area contributed by atoms with Crippen LogP contribution in [0.15, 0.2) is 39.6 Å². The first kappa shape index (κ1) is 19.0. The normalized spacial score (nSPS) is 15.3. The molecule has 2 aromatic rings. The summed E-state index contributed by atoms with van der Waals surface area (Å²) in [5, 5.41) is 20.7. The number of aryl methyl sites for hydroxylation is 1. The van der Waals surface area contributed by atoms with E-state index in [1.54, 1.807) is 6.92 Å². The Bertz CT molecular complexity index is 832. The van der Waals surface area contributed by atoms with Gasteiger partial charge in [0.25, 0.3) is 0 Å². The first-order chi connectivity index (χ1) is 11.8. The maximum atomic E-state index is 11.8. The monoisotopic (exact) mass is 342 g/mol. The quantitative estimate of drug-likeness (QED) is 0.851. The molecule has 0 spiro atoms. The van der Waals surface area contributed by atoms with Gasteiger partial charge >= 0.3 is 5.63 Å². The number of benzene rings is 1. The standard InChI is InChI=1S/C21H26O4/c1-6-7-16-10-12(2)8-9-17(16)13(3)20(23)15(5)19-11-18(22)14(4)21(24)25-19/h6-11,13,15,20,22-23H,1-5H3. The van der Waals surface area contributed by atoms with Crippen LogP contribution in [0.4, 0.5) is 0 Å². The van der Waals surface area contributed by atoms with Crippen molar-refractivity contribution < 1.29 is 14.6 Å². The lowest BCUT2D eigenvalue weighted by Crippen LogP contribution is -2.24. The Morgan fingerprint density at radius 1 is 1.12 bits per heavy atom. The van der Waals surface area contributed by atoms with Crippen LogP contribution < -0.4 is 5.63 Å². The molecule has 0 saturated carbocycles. The van der Waals surface area contributed by atoms with Gasteiger partial charge in [-0.25, -0.2) is 4.79 Å². The van der Waals surface area contributed by atoms with Gasteiger partial charge in [-0.1, -0.05) is 49.8 Å². The predicted octanol–water partition coefficient (Wildman–Crippen LogP) is 4.26. The molecule has 2 N–H and O–H groups in total. The third-order valence-corrected chi connectivity index (χ3v) is 4.73. The molecule has 1 aromatic carbocycles. The van der Waals surface area contributed by atoms with Gasteiger partial charge < -0.3 is 14.6 Å². The fourth-order valence-electron chi connectivity index (χ4n) is 3.00. The zero-order chi connectivity index (χ0) is 18.7. The van der Waals surface area contributed by atoms with E-state index in [4.69, 9.17) is 4.42 Å². The average molecular weight is 342 g/mol. The molecule has 3 unspecified atom stereocenters. The second kappa shape index (κ2) is 7.70. The molecule has 1 heterocycles. The Balaban J connectivity index is 2.37. The van der Waals surface area contributed by atoms with Crippen molar-refractivity contribution in [2.24, 2.45) is 0 Å². The first-order valence-corrected chi connectivity index (χ1v) is 8.51. The maximum Gasteiger partial charge on any atom is 0.342 e. The number of aliphatic hydroxyl groups is 1. The van der Waals surface area contributed by atoms with Crippen molar-refractivity contribution in [3.8, 4) is 5.75 Å². The average Bonchev–Trinajstić information content (AvgIpc) is 2.57. The number of rotatable bonds is 5. The number of hydrogen-bond donors (Lipinski definition) is 2. The fraction of sp³-hybridized carbons (Fsp3) is 0.381. The van der Waals surface area contributed by atoms with E-state index in [9.17, 15) is 15.0 Å². The maximum absolute atomic E-state index is 11.8. The van der Waals surface area contributed by atoms with Crippen LogP contribution in [0.25, 0.3) is 6.08 Å². The van der Waals surface area contributed by atoms with E-state index in [-0.39, 0.29) is 23.0 Å². The summed E-state index contributed by atoms with van der Waals surface area (Å²) in [4.78, 5) is 11.8. The van der Waals surface area contributed by atoms with E-state index >= 15 is 0 Å². The molecule has 0 aliphatic heterocycles. The highest BCUT2D eigenvalue weighted by atomic mass is 16.4. The molecule has 3 atom stereocenters. The van der Waals surface area contributed by atoms with Crippen LogP contribution in [0, 0.1) is 13.8 Å². The van der Waals surface area contributed by atoms with Crippen LogP contribution in [0.1, 0.15) is 60.6 Å². The summed E-state index contributed by atoms with van der Waals surface area (Å²) in [6, 6.07) is 7.54. The lowest BCUT2D eigenvalue weighted by Gasteiger charge is -2.26. The van der Waals surface area contributed by atoms with Gasteiger partial charge in [0.15, 0.2) is 0 Å². The summed E-state index contributed by atoms with van der Waals surface area (Å²) < 4.78 is 5.27. The van der Waals surface area contributed by atoms with Crippen molar-refractivity contribution >= 4 is 6.08 Å². The lowest BCUT2D eigenvalue weighted by atomic mass is 9.84. The van der Waals surface area contributed by atoms with Crippen molar-refractivity contribution in [3.05, 3.63) is 68.8 Å². The molecule has 0 saturated heterocycles. The zero-order valence-corrected chi connectivity index (χ0v) is 15.4. The van der Waals surface area contributed by atoms with Crippen LogP contribution in [0.3, 0.4) is 0 Å². The largest absolute Gasteiger partial charge is 0.507 e. The fourth-order valence-corrected chi connectivity index (χ4v) is 3.00. The molecular formula is C21H26O4. The highest BCUT2D eigenvalue weighted by Crippen LogP contribution is 2.33. The third kappa shape index (κ3) is 4.02. The van der Waals surface area contributed by atoms with E-state index in [2.05, 4.69) is 6.07 Å². The van der Waals surface area contributed by atoms with Crippen LogP contribution in [-0.2, 0) is 0 Å². The summed E-state index contributed by atoms with van der Waals surface area (Å²) >= 11 is 0. The van der Waals surface area contributed by atoms with Gasteiger partial charge in [-0.3, -0.25) is 0 Å². The van der Waals surface area contributed by atoms with Crippen molar-refractivity contribution in [2.45, 2.75) is 52.6 Å². The molecule has 1 aromatic heterocycles. The molecule has 4 nitrogen and oxygen atoms in total. The lowest BCUT2D eigenvalue weighted by molar-refractivity contribution is 0.114. The van der Waals surface area contributed by atoms with E-state index in [0.29, 0.717) is 0 Å². The molecule has 4 heteroatoms. The van der Waals surface area contributed by atoms with Crippen molar-refractivity contribution in [1.29, 1.82) is 0 Å². The van der Waals surface area contributed by atoms with Gasteiger partial charge in [0, 0.05) is 17.9 Å². The molecule has 0 aliphatic rings. The molecule has 0 radical (unpaired) electrons. The van der Waals surface area contributed by atoms with Crippen LogP contribution in [0.5, 0.6) is 5.75 Å². The summed E-state index contributed by atoms with van der Waals surface area (Å²) in [7, 11) is 0. The Morgan fingerprint density at radius 2 is 1.80 bits per heavy atom. The minimum Gasteiger partial charge on any atom is -0.507 e. The van der Waals surface area contributed by atoms with E-state index in [0.717, 1.165) is 16.7 Å². The van der Waals surface area contributed by atoms with Gasteiger partial charge in [0.2, 0.25) is 0 Å². The highest BCUT2D eigenvalue weighted by Gasteiger charge is 2.27. The van der Waals surface area contributed by atoms with Gasteiger partial charge in [0.05, 0.1) is 11.7 Å². The van der Waals surface area contributed by atoms with Gasteiger partial charge in [-0.2, -0.15) is 0 Å². The SMILES string of the molecule is CC=Cc1cc(C)ccc1C(C)C(O)C(C)c1cc(O)c(C)c(=O)o1. The second-order valence-electron chi connectivity index (χ2n) is 6.65. The first-order valence-electron chi connectivity index (χ1n) is 8.51. The molecule has 0 aliphatic carbocycles. The van der Waals surface area contributed by atoms with Gasteiger partial charge in [-0.05, 0) is 31.9 Å². The molecule has 2 rings (SSSR count). The molecule has 25 heavy (non-hydrogen) atoms. The molecule has 0 fully saturated rings.